The molecule has 0 amide bonds. The molecular formula is C18H14Cl2F3N3O2S. The van der Waals surface area contributed by atoms with E-state index in [1.54, 1.807) is 6.26 Å². The highest BCUT2D eigenvalue weighted by Crippen LogP contribution is 2.46. The van der Waals surface area contributed by atoms with E-state index in [1.807, 2.05) is 0 Å². The molecule has 0 radical (unpaired) electrons. The van der Waals surface area contributed by atoms with E-state index < -0.39 is 12.6 Å². The van der Waals surface area contributed by atoms with E-state index in [0.29, 0.717) is 10.5 Å². The lowest BCUT2D eigenvalue weighted by Crippen LogP contribution is -2.14. The summed E-state index contributed by atoms with van der Waals surface area (Å²) < 4.78 is 50.1. The van der Waals surface area contributed by atoms with Gasteiger partial charge in [0.2, 0.25) is 0 Å². The molecule has 0 aliphatic heterocycles. The van der Waals surface area contributed by atoms with E-state index >= 15 is 0 Å². The van der Waals surface area contributed by atoms with E-state index in [9.17, 15) is 13.2 Å². The van der Waals surface area contributed by atoms with Crippen molar-refractivity contribution < 1.29 is 22.6 Å². The van der Waals surface area contributed by atoms with Crippen LogP contribution in [0.15, 0.2) is 23.5 Å². The van der Waals surface area contributed by atoms with Crippen LogP contribution in [0.5, 0.6) is 11.5 Å². The van der Waals surface area contributed by atoms with Crippen molar-refractivity contribution in [2.75, 3.05) is 20.5 Å². The second-order valence-electron chi connectivity index (χ2n) is 5.82. The predicted molar refractivity (Wildman–Crippen MR) is 107 cm³/mol. The molecule has 0 fully saturated rings. The molecule has 1 aromatic carbocycles. The van der Waals surface area contributed by atoms with Gasteiger partial charge in [0.05, 0.1) is 47.6 Å². The molecule has 0 bridgehead atoms. The van der Waals surface area contributed by atoms with Crippen molar-refractivity contribution in [2.45, 2.75) is 17.8 Å². The first kappa shape index (κ1) is 21.7. The molecule has 154 valence electrons. The fraction of sp³-hybridized carbons (Fsp3) is 0.278. The topological polar surface area (TPSA) is 57.1 Å². The highest BCUT2D eigenvalue weighted by molar-refractivity contribution is 7.98. The summed E-state index contributed by atoms with van der Waals surface area (Å²) in [6.07, 6.45) is -2.58. The van der Waals surface area contributed by atoms with Crippen LogP contribution in [0.25, 0.3) is 22.2 Å². The Balaban J connectivity index is 2.34. The van der Waals surface area contributed by atoms with Crippen LogP contribution in [0.4, 0.5) is 13.2 Å². The number of alkyl halides is 3. The average molecular weight is 464 g/mol. The van der Waals surface area contributed by atoms with E-state index in [4.69, 9.17) is 32.7 Å². The van der Waals surface area contributed by atoms with E-state index in [0.717, 1.165) is 0 Å². The zero-order valence-electron chi connectivity index (χ0n) is 15.4. The van der Waals surface area contributed by atoms with Gasteiger partial charge in [-0.3, -0.25) is 4.98 Å². The number of ether oxygens (including phenoxy) is 2. The molecule has 0 spiro atoms. The van der Waals surface area contributed by atoms with Gasteiger partial charge in [-0.2, -0.15) is 13.2 Å². The van der Waals surface area contributed by atoms with Crippen LogP contribution in [0.2, 0.25) is 10.0 Å². The Morgan fingerprint density at radius 1 is 1.03 bits per heavy atom. The Morgan fingerprint density at radius 3 is 2.17 bits per heavy atom. The van der Waals surface area contributed by atoms with E-state index in [1.165, 1.54) is 44.3 Å². The lowest BCUT2D eigenvalue weighted by atomic mass is 10.1. The molecule has 3 aromatic rings. The molecule has 3 rings (SSSR count). The molecular weight excluding hydrogens is 450 g/mol. The third kappa shape index (κ3) is 4.46. The fourth-order valence-corrected chi connectivity index (χ4v) is 3.77. The van der Waals surface area contributed by atoms with Gasteiger partial charge >= 0.3 is 6.18 Å². The Morgan fingerprint density at radius 2 is 1.66 bits per heavy atom. The number of benzene rings is 1. The van der Waals surface area contributed by atoms with Gasteiger partial charge in [0, 0.05) is 23.2 Å². The SMILES string of the molecule is COc1cc(OC)c(Cl)c(-c2cc3cnc(SC)nc3c(CC(F)(F)F)n2)c1Cl. The van der Waals surface area contributed by atoms with Crippen molar-refractivity contribution in [2.24, 2.45) is 0 Å². The first-order valence-corrected chi connectivity index (χ1v) is 10.0. The number of hydrogen-bond acceptors (Lipinski definition) is 6. The molecule has 0 atom stereocenters. The van der Waals surface area contributed by atoms with Crippen LogP contribution in [0, 0.1) is 0 Å². The Kier molecular flexibility index (Phi) is 6.30. The fourth-order valence-electron chi connectivity index (χ4n) is 2.74. The number of pyridine rings is 1. The molecule has 29 heavy (non-hydrogen) atoms. The summed E-state index contributed by atoms with van der Waals surface area (Å²) in [5, 5.41) is 0.921. The molecule has 5 nitrogen and oxygen atoms in total. The third-order valence-electron chi connectivity index (χ3n) is 4.00. The van der Waals surface area contributed by atoms with E-state index in [-0.39, 0.29) is 44.0 Å². The number of methoxy groups -OCH3 is 2. The molecule has 2 heterocycles. The van der Waals surface area contributed by atoms with Crippen LogP contribution < -0.4 is 9.47 Å². The number of thioether (sulfide) groups is 1. The number of hydrogen-bond donors (Lipinski definition) is 0. The summed E-state index contributed by atoms with van der Waals surface area (Å²) in [4.78, 5) is 12.5. The Hall–Kier alpha value is -1.97. The summed E-state index contributed by atoms with van der Waals surface area (Å²) in [6, 6.07) is 3.02. The van der Waals surface area contributed by atoms with Gasteiger partial charge < -0.3 is 9.47 Å². The van der Waals surface area contributed by atoms with Gasteiger partial charge in [0.1, 0.15) is 11.5 Å². The van der Waals surface area contributed by atoms with Crippen LogP contribution in [-0.4, -0.2) is 41.6 Å². The van der Waals surface area contributed by atoms with Crippen molar-refractivity contribution in [3.8, 4) is 22.8 Å². The maximum atomic E-state index is 13.2. The minimum Gasteiger partial charge on any atom is -0.495 e. The predicted octanol–water partition coefficient (Wildman–Crippen LogP) is 5.84. The highest BCUT2D eigenvalue weighted by atomic mass is 35.5. The quantitative estimate of drug-likeness (QED) is 0.349. The summed E-state index contributed by atoms with van der Waals surface area (Å²) in [6.45, 7) is 0. The lowest BCUT2D eigenvalue weighted by molar-refractivity contribution is -0.127. The van der Waals surface area contributed by atoms with Crippen molar-refractivity contribution in [1.82, 2.24) is 15.0 Å². The number of rotatable bonds is 5. The molecule has 11 heteroatoms. The van der Waals surface area contributed by atoms with Crippen LogP contribution >= 0.6 is 35.0 Å². The monoisotopic (exact) mass is 463 g/mol. The smallest absolute Gasteiger partial charge is 0.394 e. The minimum atomic E-state index is -4.48. The third-order valence-corrected chi connectivity index (χ3v) is 5.31. The summed E-state index contributed by atoms with van der Waals surface area (Å²) in [5.41, 5.74) is 0.192. The second-order valence-corrected chi connectivity index (χ2v) is 7.35. The Bertz CT molecular complexity index is 1050. The van der Waals surface area contributed by atoms with Gasteiger partial charge in [0.15, 0.2) is 5.16 Å². The molecule has 0 saturated carbocycles. The highest BCUT2D eigenvalue weighted by Gasteiger charge is 2.31. The molecule has 0 N–H and O–H groups in total. The summed E-state index contributed by atoms with van der Waals surface area (Å²) in [5.74, 6) is 0.493. The van der Waals surface area contributed by atoms with Crippen LogP contribution in [-0.2, 0) is 6.42 Å². The zero-order chi connectivity index (χ0) is 21.3. The summed E-state index contributed by atoms with van der Waals surface area (Å²) >= 11 is 14.0. The first-order valence-electron chi connectivity index (χ1n) is 8.06. The van der Waals surface area contributed by atoms with Crippen molar-refractivity contribution >= 4 is 45.9 Å². The second kappa shape index (κ2) is 8.41. The number of nitrogens with zero attached hydrogens (tertiary/aromatic N) is 3. The van der Waals surface area contributed by atoms with Crippen LogP contribution in [0.3, 0.4) is 0 Å². The maximum Gasteiger partial charge on any atom is 0.394 e. The number of aromatic nitrogens is 3. The minimum absolute atomic E-state index is 0.102. The summed E-state index contributed by atoms with van der Waals surface area (Å²) in [7, 11) is 2.80. The lowest BCUT2D eigenvalue weighted by Gasteiger charge is -2.16. The molecule has 0 saturated heterocycles. The number of fused-ring (bicyclic) bond motifs is 1. The Labute approximate surface area is 178 Å². The normalized spacial score (nSPS) is 11.7. The van der Waals surface area contributed by atoms with Crippen molar-refractivity contribution in [3.63, 3.8) is 0 Å². The largest absolute Gasteiger partial charge is 0.495 e. The van der Waals surface area contributed by atoms with Crippen molar-refractivity contribution in [1.29, 1.82) is 0 Å². The van der Waals surface area contributed by atoms with Crippen LogP contribution in [0.1, 0.15) is 5.69 Å². The zero-order valence-corrected chi connectivity index (χ0v) is 17.7. The van der Waals surface area contributed by atoms with Gasteiger partial charge in [-0.15, -0.1) is 0 Å². The van der Waals surface area contributed by atoms with Gasteiger partial charge in [-0.05, 0) is 12.3 Å². The molecule has 2 aromatic heterocycles. The molecule has 0 aliphatic carbocycles. The van der Waals surface area contributed by atoms with E-state index in [2.05, 4.69) is 15.0 Å². The first-order chi connectivity index (χ1) is 13.7. The number of halogens is 5. The molecule has 0 aliphatic rings. The molecule has 0 unspecified atom stereocenters. The van der Waals surface area contributed by atoms with Gasteiger partial charge in [-0.1, -0.05) is 35.0 Å². The average Bonchev–Trinajstić information content (AvgIpc) is 2.67. The van der Waals surface area contributed by atoms with Crippen molar-refractivity contribution in [3.05, 3.63) is 34.1 Å². The standard InChI is InChI=1S/C18H14Cl2F3N3O2S/c1-27-11-5-12(28-2)15(20)13(14(11)19)9-4-8-7-24-17(29-3)26-16(8)10(25-9)6-18(21,22)23/h4-5,7H,6H2,1-3H3. The maximum absolute atomic E-state index is 13.2. The van der Waals surface area contributed by atoms with Gasteiger partial charge in [0.25, 0.3) is 0 Å². The van der Waals surface area contributed by atoms with Gasteiger partial charge in [-0.25, -0.2) is 9.97 Å².